The van der Waals surface area contributed by atoms with Crippen LogP contribution in [0.5, 0.6) is 0 Å². The Bertz CT molecular complexity index is 670. The van der Waals surface area contributed by atoms with E-state index < -0.39 is 0 Å². The van der Waals surface area contributed by atoms with Gasteiger partial charge >= 0.3 is 12.1 Å². The first-order chi connectivity index (χ1) is 11.2. The second kappa shape index (κ2) is 7.15. The molecular weight excluding hydrogens is 314 g/mol. The highest BCUT2D eigenvalue weighted by Crippen LogP contribution is 2.14. The molecule has 0 aliphatic carbocycles. The van der Waals surface area contributed by atoms with Crippen LogP contribution in [0.25, 0.3) is 0 Å². The van der Waals surface area contributed by atoms with E-state index in [1.807, 2.05) is 41.8 Å². The molecule has 1 saturated heterocycles. The Morgan fingerprint density at radius 3 is 2.74 bits per heavy atom. The van der Waals surface area contributed by atoms with Crippen LogP contribution in [0.1, 0.15) is 10.4 Å². The molecule has 6 nitrogen and oxygen atoms in total. The number of nitrogens with one attached hydrogen (secondary N) is 2. The molecule has 2 aromatic rings. The zero-order valence-electron chi connectivity index (χ0n) is 12.5. The maximum absolute atomic E-state index is 11.8. The normalized spacial score (nSPS) is 13.7. The predicted octanol–water partition coefficient (Wildman–Crippen LogP) is 3.02. The molecule has 23 heavy (non-hydrogen) atoms. The van der Waals surface area contributed by atoms with Gasteiger partial charge in [-0.25, -0.2) is 9.59 Å². The number of benzene rings is 1. The molecule has 2 N–H and O–H groups in total. The van der Waals surface area contributed by atoms with Gasteiger partial charge in [0.25, 0.3) is 0 Å². The molecular formula is C16H17N3O3S. The average Bonchev–Trinajstić information content (AvgIpc) is 3.20. The van der Waals surface area contributed by atoms with Crippen molar-refractivity contribution >= 4 is 29.1 Å². The van der Waals surface area contributed by atoms with Gasteiger partial charge in [-0.15, -0.1) is 11.3 Å². The van der Waals surface area contributed by atoms with E-state index in [-0.39, 0.29) is 12.1 Å². The first-order valence-corrected chi connectivity index (χ1v) is 8.16. The van der Waals surface area contributed by atoms with Crippen molar-refractivity contribution in [3.63, 3.8) is 0 Å². The molecule has 0 radical (unpaired) electrons. The van der Waals surface area contributed by atoms with Gasteiger partial charge in [0.05, 0.1) is 13.1 Å². The molecule has 0 unspecified atom stereocenters. The third-order valence-corrected chi connectivity index (χ3v) is 4.31. The Morgan fingerprint density at radius 1 is 1.26 bits per heavy atom. The van der Waals surface area contributed by atoms with Crippen molar-refractivity contribution in [1.82, 2.24) is 10.2 Å². The number of urea groups is 1. The van der Waals surface area contributed by atoms with Crippen molar-refractivity contribution in [1.29, 1.82) is 0 Å². The number of anilines is 1. The highest BCUT2D eigenvalue weighted by molar-refractivity contribution is 7.09. The molecule has 1 aliphatic heterocycles. The molecule has 1 aromatic carbocycles. The summed E-state index contributed by atoms with van der Waals surface area (Å²) in [7, 11) is 0. The van der Waals surface area contributed by atoms with Crippen LogP contribution in [-0.2, 0) is 17.8 Å². The largest absolute Gasteiger partial charge is 0.448 e. The maximum Gasteiger partial charge on any atom is 0.410 e. The van der Waals surface area contributed by atoms with E-state index >= 15 is 0 Å². The number of rotatable bonds is 5. The molecule has 1 fully saturated rings. The van der Waals surface area contributed by atoms with Crippen molar-refractivity contribution in [2.75, 3.05) is 18.5 Å². The predicted molar refractivity (Wildman–Crippen MR) is 88.4 cm³/mol. The van der Waals surface area contributed by atoms with Crippen molar-refractivity contribution in [3.05, 3.63) is 52.2 Å². The third kappa shape index (κ3) is 4.23. The van der Waals surface area contributed by atoms with E-state index in [0.717, 1.165) is 10.4 Å². The zero-order valence-corrected chi connectivity index (χ0v) is 13.3. The number of amides is 3. The zero-order chi connectivity index (χ0) is 16.1. The quantitative estimate of drug-likeness (QED) is 0.885. The molecule has 0 bridgehead atoms. The topological polar surface area (TPSA) is 70.7 Å². The van der Waals surface area contributed by atoms with E-state index in [1.54, 1.807) is 16.2 Å². The Balaban J connectivity index is 1.48. The van der Waals surface area contributed by atoms with E-state index in [4.69, 9.17) is 4.74 Å². The smallest absolute Gasteiger partial charge is 0.410 e. The Kier molecular flexibility index (Phi) is 4.77. The maximum atomic E-state index is 11.8. The van der Waals surface area contributed by atoms with Gasteiger partial charge in [0.2, 0.25) is 0 Å². The summed E-state index contributed by atoms with van der Waals surface area (Å²) in [4.78, 5) is 26.0. The van der Waals surface area contributed by atoms with Crippen molar-refractivity contribution in [2.24, 2.45) is 0 Å². The van der Waals surface area contributed by atoms with Gasteiger partial charge < -0.3 is 20.3 Å². The highest BCUT2D eigenvalue weighted by atomic mass is 32.1. The summed E-state index contributed by atoms with van der Waals surface area (Å²) < 4.78 is 4.89. The standard InChI is InChI=1S/C16H17N3O3S/c20-15(17-10-14-2-1-9-23-14)18-13-5-3-12(4-6-13)11-19-7-8-22-16(19)21/h1-6,9H,7-8,10-11H2,(H2,17,18,20). The molecule has 0 atom stereocenters. The lowest BCUT2D eigenvalue weighted by Crippen LogP contribution is -2.27. The minimum atomic E-state index is -0.278. The third-order valence-electron chi connectivity index (χ3n) is 3.43. The van der Waals surface area contributed by atoms with Gasteiger partial charge in [0.1, 0.15) is 6.61 Å². The van der Waals surface area contributed by atoms with E-state index in [1.165, 1.54) is 0 Å². The number of hydrogen-bond donors (Lipinski definition) is 2. The van der Waals surface area contributed by atoms with Crippen LogP contribution in [0.4, 0.5) is 15.3 Å². The molecule has 1 aliphatic rings. The number of hydrogen-bond acceptors (Lipinski definition) is 4. The summed E-state index contributed by atoms with van der Waals surface area (Å²) in [6.45, 7) is 2.09. The number of cyclic esters (lactones) is 1. The average molecular weight is 331 g/mol. The number of nitrogens with zero attached hydrogens (tertiary/aromatic N) is 1. The molecule has 1 aromatic heterocycles. The SMILES string of the molecule is O=C(NCc1cccs1)Nc1ccc(CN2CCOC2=O)cc1. The van der Waals surface area contributed by atoms with E-state index in [9.17, 15) is 9.59 Å². The molecule has 3 rings (SSSR count). The molecule has 2 heterocycles. The van der Waals surface area contributed by atoms with Gasteiger partial charge in [-0.1, -0.05) is 18.2 Å². The Hall–Kier alpha value is -2.54. The van der Waals surface area contributed by atoms with Crippen LogP contribution in [0.2, 0.25) is 0 Å². The second-order valence-corrected chi connectivity index (χ2v) is 6.15. The van der Waals surface area contributed by atoms with Crippen LogP contribution in [-0.4, -0.2) is 30.2 Å². The summed E-state index contributed by atoms with van der Waals surface area (Å²) in [6.07, 6.45) is -0.278. The first-order valence-electron chi connectivity index (χ1n) is 7.28. The minimum absolute atomic E-state index is 0.241. The van der Waals surface area contributed by atoms with Crippen LogP contribution < -0.4 is 10.6 Å². The molecule has 0 saturated carbocycles. The van der Waals surface area contributed by atoms with E-state index in [0.29, 0.717) is 31.9 Å². The molecule has 0 spiro atoms. The number of carbonyl (C=O) groups excluding carboxylic acids is 2. The Morgan fingerprint density at radius 2 is 2.09 bits per heavy atom. The lowest BCUT2D eigenvalue weighted by atomic mass is 10.2. The summed E-state index contributed by atoms with van der Waals surface area (Å²) in [5, 5.41) is 7.56. The Labute approximate surface area is 138 Å². The number of ether oxygens (including phenoxy) is 1. The van der Waals surface area contributed by atoms with Crippen LogP contribution in [0.15, 0.2) is 41.8 Å². The highest BCUT2D eigenvalue weighted by Gasteiger charge is 2.21. The van der Waals surface area contributed by atoms with Crippen LogP contribution in [0, 0.1) is 0 Å². The minimum Gasteiger partial charge on any atom is -0.448 e. The van der Waals surface area contributed by atoms with Crippen molar-refractivity contribution in [2.45, 2.75) is 13.1 Å². The fourth-order valence-corrected chi connectivity index (χ4v) is 2.88. The summed E-state index contributed by atoms with van der Waals surface area (Å²) in [5.41, 5.74) is 1.70. The van der Waals surface area contributed by atoms with Crippen LogP contribution in [0.3, 0.4) is 0 Å². The number of carbonyl (C=O) groups is 2. The second-order valence-electron chi connectivity index (χ2n) is 5.12. The van der Waals surface area contributed by atoms with Gasteiger partial charge in [-0.05, 0) is 29.1 Å². The lowest BCUT2D eigenvalue weighted by molar-refractivity contribution is 0.157. The molecule has 120 valence electrons. The molecule has 3 amide bonds. The van der Waals surface area contributed by atoms with Gasteiger partial charge in [0, 0.05) is 17.1 Å². The van der Waals surface area contributed by atoms with Crippen LogP contribution >= 0.6 is 11.3 Å². The summed E-state index contributed by atoms with van der Waals surface area (Å²) in [6, 6.07) is 11.1. The fourth-order valence-electron chi connectivity index (χ4n) is 2.24. The van der Waals surface area contributed by atoms with E-state index in [2.05, 4.69) is 10.6 Å². The lowest BCUT2D eigenvalue weighted by Gasteiger charge is -2.13. The summed E-state index contributed by atoms with van der Waals surface area (Å²) in [5.74, 6) is 0. The molecule has 7 heteroatoms. The fraction of sp³-hybridized carbons (Fsp3) is 0.250. The van der Waals surface area contributed by atoms with Gasteiger partial charge in [-0.2, -0.15) is 0 Å². The monoisotopic (exact) mass is 331 g/mol. The van der Waals surface area contributed by atoms with Gasteiger partial charge in [-0.3, -0.25) is 0 Å². The van der Waals surface area contributed by atoms with Crippen molar-refractivity contribution in [3.8, 4) is 0 Å². The first kappa shape index (κ1) is 15.4. The van der Waals surface area contributed by atoms with Crippen molar-refractivity contribution < 1.29 is 14.3 Å². The number of thiophene rings is 1. The summed E-state index contributed by atoms with van der Waals surface area (Å²) >= 11 is 1.60. The van der Waals surface area contributed by atoms with Gasteiger partial charge in [0.15, 0.2) is 0 Å².